The van der Waals surface area contributed by atoms with Crippen LogP contribution in [0.2, 0.25) is 0 Å². The van der Waals surface area contributed by atoms with E-state index in [4.69, 9.17) is 29.4 Å². The van der Waals surface area contributed by atoms with Gasteiger partial charge in [-0.3, -0.25) is 38.4 Å². The number of fused-ring (bicyclic) bond motifs is 15. The summed E-state index contributed by atoms with van der Waals surface area (Å²) in [5, 5.41) is 24.3. The van der Waals surface area contributed by atoms with Crippen LogP contribution in [0.1, 0.15) is 161 Å². The van der Waals surface area contributed by atoms with Crippen LogP contribution < -0.4 is 76.1 Å². The van der Waals surface area contributed by atoms with Gasteiger partial charge in [-0.2, -0.15) is 39.5 Å². The van der Waals surface area contributed by atoms with Gasteiger partial charge >= 0.3 is 47.6 Å². The van der Waals surface area contributed by atoms with E-state index < -0.39 is 153 Å². The number of rotatable bonds is 10. The second-order valence-electron chi connectivity index (χ2n) is 26.1. The molecule has 3 aliphatic carbocycles. The van der Waals surface area contributed by atoms with Crippen molar-refractivity contribution >= 4 is 58.6 Å². The van der Waals surface area contributed by atoms with Gasteiger partial charge in [0, 0.05) is 68.0 Å². The van der Waals surface area contributed by atoms with Crippen molar-refractivity contribution in [3.8, 4) is 17.2 Å². The van der Waals surface area contributed by atoms with Crippen LogP contribution in [0, 0.1) is 23.3 Å². The molecule has 9 heterocycles. The molecule has 110 heavy (non-hydrogen) atoms. The Morgan fingerprint density at radius 3 is 1.22 bits per heavy atom. The van der Waals surface area contributed by atoms with Crippen molar-refractivity contribution in [2.24, 2.45) is 5.73 Å². The summed E-state index contributed by atoms with van der Waals surface area (Å²) in [5.41, 5.74) is -3.88. The molecule has 9 atom stereocenters. The Bertz CT molecular complexity index is 4800. The number of aromatic carboxylic acids is 1. The Morgan fingerprint density at radius 2 is 0.855 bits per heavy atom. The number of methoxy groups -OCH3 is 2. The van der Waals surface area contributed by atoms with E-state index in [1.165, 1.54) is 45.2 Å². The summed E-state index contributed by atoms with van der Waals surface area (Å²) in [7, 11) is 2.48. The Morgan fingerprint density at radius 1 is 0.509 bits per heavy atom. The Balaban J connectivity index is 0.000000190. The molecule has 6 N–H and O–H groups in total. The maximum absolute atomic E-state index is 13.5. The molecule has 6 aliphatic heterocycles. The number of carboxylic acids is 1. The molecule has 41 heteroatoms. The summed E-state index contributed by atoms with van der Waals surface area (Å²) in [6, 6.07) is 5.28. The van der Waals surface area contributed by atoms with Crippen molar-refractivity contribution in [3.05, 3.63) is 188 Å². The van der Waals surface area contributed by atoms with Crippen molar-refractivity contribution in [2.75, 3.05) is 14.2 Å². The number of alkyl halides is 9. The largest absolute Gasteiger partial charge is 2.00 e. The van der Waals surface area contributed by atoms with Crippen LogP contribution in [-0.4, -0.2) is 167 Å². The number of halogens is 15. The third-order valence-electron chi connectivity index (χ3n) is 19.7. The molecule has 6 aromatic rings. The molecule has 0 unspecified atom stereocenters. The minimum atomic E-state index is -4.91. The molecule has 3 aromatic heterocycles. The SMILES string of the molecule is C.COc1c2n(cc(C(=O)NCc3ccc(F)c(C(F)(F)F)c3)c1=O)C[C@@H]1O[C@H]3CC[C@H](C3)N1C2=O.COc1c2n(cc(C(=O)O)c1=O)C[C@@H]1O[C@H]3CC[C@H](C3)N1C2=O.NCc1cc(C(F)(F)F)c(F)cc1F.O=C(NCc1ccc(F)c(C(F)(F)F)c1)c1cn2c(c(O)c1=O)C(=O)N1[C@@H]3CC[C@@H](C3)O[C@H]1C2.[Br-].[Br-].[Mg+2]. The quantitative estimate of drug-likeness (QED) is 0.0968. The first-order valence-electron chi connectivity index (χ1n) is 32.8. The van der Waals surface area contributed by atoms with Gasteiger partial charge in [-0.1, -0.05) is 19.6 Å². The summed E-state index contributed by atoms with van der Waals surface area (Å²) in [6.45, 7) is -0.618. The number of carboxylic acid groups (broad SMARTS) is 1. The van der Waals surface area contributed by atoms with E-state index in [0.29, 0.717) is 43.3 Å². The fraction of sp³-hybridized carbons (Fsp3) is 0.435. The molecule has 25 nitrogen and oxygen atoms in total. The van der Waals surface area contributed by atoms with Crippen molar-refractivity contribution in [2.45, 2.75) is 178 Å². The predicted octanol–water partition coefficient (Wildman–Crippen LogP) is 2.05. The second kappa shape index (κ2) is 33.8. The number of hydrogen-bond acceptors (Lipinski definition) is 16. The van der Waals surface area contributed by atoms with Crippen LogP contribution in [-0.2, 0) is 72.0 Å². The van der Waals surface area contributed by atoms with Crippen molar-refractivity contribution in [1.29, 1.82) is 0 Å². The summed E-state index contributed by atoms with van der Waals surface area (Å²) < 4.78 is 199. The first-order valence-corrected chi connectivity index (χ1v) is 32.8. The zero-order chi connectivity index (χ0) is 76.7. The average molecular weight is 1710 g/mol. The third kappa shape index (κ3) is 16.9. The number of carbonyl (C=O) groups is 6. The zero-order valence-electron chi connectivity index (χ0n) is 56.9. The number of hydrogen-bond donors (Lipinski definition) is 5. The van der Waals surface area contributed by atoms with Gasteiger partial charge in [-0.05, 0) is 99.2 Å². The van der Waals surface area contributed by atoms with Gasteiger partial charge in [0.15, 0.2) is 53.0 Å². The van der Waals surface area contributed by atoms with Gasteiger partial charge in [0.1, 0.15) is 40.0 Å². The molecular formula is C69H66Br2F13MgN9O16. The number of benzene rings is 3. The molecule has 3 aromatic carbocycles. The first-order chi connectivity index (χ1) is 50.0. The van der Waals surface area contributed by atoms with Gasteiger partial charge in [0.25, 0.3) is 29.5 Å². The maximum atomic E-state index is 13.5. The number of carbonyl (C=O) groups excluding carboxylic acids is 5. The maximum Gasteiger partial charge on any atom is 2.00 e. The minimum absolute atomic E-state index is 0. The third-order valence-corrected chi connectivity index (χ3v) is 19.7. The summed E-state index contributed by atoms with van der Waals surface area (Å²) in [4.78, 5) is 119. The average Bonchev–Trinajstić information content (AvgIpc) is 1.31. The fourth-order valence-electron chi connectivity index (χ4n) is 14.8. The second-order valence-corrected chi connectivity index (χ2v) is 26.1. The smallest absolute Gasteiger partial charge is 1.00 e. The van der Waals surface area contributed by atoms with Gasteiger partial charge in [0.05, 0.1) is 68.9 Å². The topological polar surface area (TPSA) is 315 Å². The Hall–Kier alpha value is -8.61. The van der Waals surface area contributed by atoms with Crippen molar-refractivity contribution in [1.82, 2.24) is 39.0 Å². The number of nitrogens with one attached hydrogen (secondary N) is 2. The number of amides is 5. The fourth-order valence-corrected chi connectivity index (χ4v) is 14.8. The molecule has 0 radical (unpaired) electrons. The molecular weight excluding hydrogens is 1640 g/mol. The normalized spacial score (nSPS) is 22.0. The van der Waals surface area contributed by atoms with Crippen LogP contribution >= 0.6 is 0 Å². The van der Waals surface area contributed by atoms with E-state index in [2.05, 4.69) is 10.6 Å². The summed E-state index contributed by atoms with van der Waals surface area (Å²) in [6.07, 6.45) is -5.16. The molecule has 9 aliphatic rings. The monoisotopic (exact) mass is 1710 g/mol. The zero-order valence-corrected chi connectivity index (χ0v) is 61.5. The van der Waals surface area contributed by atoms with E-state index in [1.54, 1.807) is 9.80 Å². The van der Waals surface area contributed by atoms with Crippen LogP contribution in [0.4, 0.5) is 57.1 Å². The number of nitrogens with zero attached hydrogens (tertiary/aromatic N) is 6. The van der Waals surface area contributed by atoms with E-state index in [1.807, 2.05) is 0 Å². The van der Waals surface area contributed by atoms with Crippen LogP contribution in [0.25, 0.3) is 0 Å². The minimum Gasteiger partial charge on any atom is -1.00 e. The summed E-state index contributed by atoms with van der Waals surface area (Å²) in [5.74, 6) is -11.5. The molecule has 3 saturated heterocycles. The molecule has 3 saturated carbocycles. The van der Waals surface area contributed by atoms with Gasteiger partial charge in [-0.25, -0.2) is 22.4 Å². The number of aromatic hydroxyl groups is 1. The number of aromatic nitrogens is 3. The first kappa shape index (κ1) is 87.0. The van der Waals surface area contributed by atoms with E-state index in [9.17, 15) is 110 Å². The van der Waals surface area contributed by atoms with Crippen molar-refractivity contribution in [3.63, 3.8) is 0 Å². The number of pyridine rings is 3. The number of ether oxygens (including phenoxy) is 5. The van der Waals surface area contributed by atoms with E-state index in [0.717, 1.165) is 69.7 Å². The number of nitrogens with two attached hydrogens (primary N) is 1. The van der Waals surface area contributed by atoms with Crippen LogP contribution in [0.3, 0.4) is 0 Å². The van der Waals surface area contributed by atoms with Crippen LogP contribution in [0.5, 0.6) is 17.2 Å². The van der Waals surface area contributed by atoms with Gasteiger partial charge < -0.3 is 113 Å². The van der Waals surface area contributed by atoms with E-state index >= 15 is 0 Å². The standard InChI is InChI=1S/C23H21F4N3O5.C22H19F4N3O5.C15H16N2O6.C8H6F5N.CH4.2BrH.Mg/c1-34-20-18-22(33)30-12-3-4-13(7-12)35-17(30)10-29(18)9-14(19(20)31)21(32)28-8-11-2-5-16(24)15(6-11)23(25,26)27;23-15-4-1-10(5-14(15)22(24,25)26)7-27-20(32)13-8-28-9-16-29(11-2-3-12(6-11)34-16)21(33)17(28)19(31)18(13)30;1-22-13-11-14(19)17-7-2-3-8(4-7)23-10(17)6-16(11)5-9(12(13)18)15(20)21;9-6-2-7(10)5(8(11,12)13)1-4(6)3-14;;;;/h2,5-6,9,12-13,17H,3-4,7-8,10H2,1H3,(H,28,32);1,4-5,8,11-12,16,31H,2-3,6-7,9H2,(H,27,32);5,7-8,10H,2-4,6H2,1H3,(H,20,21);1-2H,3,14H2;1H4;2*1H;/q;;;;;;;+2/p-2/t12-,13+,17+;11-,12+,16+;7-,8+,10+;;;;;/m111...../s1. The molecule has 15 rings (SSSR count). The molecule has 6 fully saturated rings. The molecule has 6 bridgehead atoms. The predicted molar refractivity (Wildman–Crippen MR) is 348 cm³/mol. The van der Waals surface area contributed by atoms with Crippen molar-refractivity contribution < 1.29 is 154 Å². The Labute approximate surface area is 651 Å². The summed E-state index contributed by atoms with van der Waals surface area (Å²) >= 11 is 0. The van der Waals surface area contributed by atoms with Gasteiger partial charge in [-0.15, -0.1) is 0 Å². The molecule has 5 amide bonds. The van der Waals surface area contributed by atoms with Gasteiger partial charge in [0.2, 0.25) is 16.3 Å². The van der Waals surface area contributed by atoms with Crippen LogP contribution in [0.15, 0.2) is 81.5 Å². The van der Waals surface area contributed by atoms with E-state index in [-0.39, 0.29) is 183 Å². The molecule has 0 spiro atoms. The molecule has 590 valence electrons. The Kier molecular flexibility index (Phi) is 26.7.